The molecular formula is C15H18N2O3S. The average Bonchev–Trinajstić information content (AvgIpc) is 2.97. The van der Waals surface area contributed by atoms with Crippen molar-refractivity contribution in [2.75, 3.05) is 11.9 Å². The summed E-state index contributed by atoms with van der Waals surface area (Å²) in [6.45, 7) is 4.22. The van der Waals surface area contributed by atoms with Crippen LogP contribution in [0.4, 0.5) is 5.69 Å². The van der Waals surface area contributed by atoms with Gasteiger partial charge in [0, 0.05) is 11.1 Å². The molecule has 1 aromatic carbocycles. The molecule has 112 valence electrons. The Balaban J connectivity index is 1.99. The number of ether oxygens (including phenoxy) is 1. The average molecular weight is 306 g/mol. The van der Waals surface area contributed by atoms with Crippen molar-refractivity contribution in [1.29, 1.82) is 0 Å². The topological polar surface area (TPSA) is 71.5 Å². The molecule has 0 fully saturated rings. The lowest BCUT2D eigenvalue weighted by Gasteiger charge is -2.10. The van der Waals surface area contributed by atoms with Gasteiger partial charge in [0.1, 0.15) is 10.8 Å². The largest absolute Gasteiger partial charge is 0.494 e. The summed E-state index contributed by atoms with van der Waals surface area (Å²) in [4.78, 5) is 16.4. The Morgan fingerprint density at radius 2 is 2.14 bits per heavy atom. The molecule has 0 aliphatic rings. The molecule has 2 rings (SSSR count). The molecule has 1 unspecified atom stereocenters. The number of hydrogen-bond donors (Lipinski definition) is 2. The fraction of sp³-hybridized carbons (Fsp3) is 0.333. The zero-order chi connectivity index (χ0) is 15.2. The van der Waals surface area contributed by atoms with E-state index in [9.17, 15) is 4.79 Å². The number of amides is 1. The predicted octanol–water partition coefficient (Wildman–Crippen LogP) is 2.78. The van der Waals surface area contributed by atoms with Gasteiger partial charge in [-0.25, -0.2) is 4.98 Å². The van der Waals surface area contributed by atoms with Gasteiger partial charge in [-0.1, -0.05) is 0 Å². The number of hydrogen-bond acceptors (Lipinski definition) is 5. The summed E-state index contributed by atoms with van der Waals surface area (Å²) >= 11 is 1.38. The fourth-order valence-electron chi connectivity index (χ4n) is 1.76. The molecule has 2 aromatic rings. The molecular weight excluding hydrogens is 288 g/mol. The first-order valence-electron chi connectivity index (χ1n) is 6.73. The smallest absolute Gasteiger partial charge is 0.234 e. The van der Waals surface area contributed by atoms with Gasteiger partial charge in [-0.2, -0.15) is 0 Å². The molecule has 21 heavy (non-hydrogen) atoms. The van der Waals surface area contributed by atoms with Gasteiger partial charge in [0.15, 0.2) is 0 Å². The summed E-state index contributed by atoms with van der Waals surface area (Å²) in [6, 6.07) is 7.24. The number of aliphatic hydroxyl groups excluding tert-OH is 1. The van der Waals surface area contributed by atoms with Crippen LogP contribution in [0.2, 0.25) is 0 Å². The van der Waals surface area contributed by atoms with Gasteiger partial charge in [0.05, 0.1) is 24.8 Å². The quantitative estimate of drug-likeness (QED) is 0.861. The zero-order valence-corrected chi connectivity index (χ0v) is 12.8. The molecule has 0 bridgehead atoms. The molecule has 0 spiro atoms. The summed E-state index contributed by atoms with van der Waals surface area (Å²) in [5.74, 6) is 0.288. The van der Waals surface area contributed by atoms with E-state index in [1.807, 2.05) is 19.1 Å². The van der Waals surface area contributed by atoms with Crippen LogP contribution < -0.4 is 10.1 Å². The second-order valence-electron chi connectivity index (χ2n) is 4.50. The summed E-state index contributed by atoms with van der Waals surface area (Å²) in [5.41, 5.74) is 1.31. The van der Waals surface area contributed by atoms with E-state index in [-0.39, 0.29) is 18.4 Å². The summed E-state index contributed by atoms with van der Waals surface area (Å²) in [7, 11) is 0. The first-order valence-corrected chi connectivity index (χ1v) is 7.61. The Kier molecular flexibility index (Phi) is 5.30. The van der Waals surface area contributed by atoms with Gasteiger partial charge in [-0.3, -0.25) is 4.79 Å². The highest BCUT2D eigenvalue weighted by molar-refractivity contribution is 7.09. The van der Waals surface area contributed by atoms with E-state index >= 15 is 0 Å². The molecule has 1 heterocycles. The predicted molar refractivity (Wildman–Crippen MR) is 82.7 cm³/mol. The highest BCUT2D eigenvalue weighted by Crippen LogP contribution is 2.22. The summed E-state index contributed by atoms with van der Waals surface area (Å²) in [5, 5.41) is 14.3. The first-order chi connectivity index (χ1) is 10.1. The van der Waals surface area contributed by atoms with E-state index in [2.05, 4.69) is 10.3 Å². The van der Waals surface area contributed by atoms with Crippen LogP contribution in [0.1, 0.15) is 30.5 Å². The molecule has 0 saturated heterocycles. The number of nitrogens with zero attached hydrogens (tertiary/aromatic N) is 1. The molecule has 0 saturated carbocycles. The van der Waals surface area contributed by atoms with E-state index in [1.54, 1.807) is 24.4 Å². The minimum atomic E-state index is -0.359. The molecule has 2 N–H and O–H groups in total. The number of anilines is 1. The summed E-state index contributed by atoms with van der Waals surface area (Å²) < 4.78 is 5.35. The second-order valence-corrected chi connectivity index (χ2v) is 5.39. The Morgan fingerprint density at radius 1 is 1.43 bits per heavy atom. The fourth-order valence-corrected chi connectivity index (χ4v) is 2.62. The van der Waals surface area contributed by atoms with Gasteiger partial charge in [-0.05, 0) is 38.1 Å². The van der Waals surface area contributed by atoms with Crippen LogP contribution in [0.25, 0.3) is 0 Å². The van der Waals surface area contributed by atoms with Crippen molar-refractivity contribution in [3.8, 4) is 5.75 Å². The highest BCUT2D eigenvalue weighted by Gasteiger charge is 2.18. The minimum absolute atomic E-state index is 0.107. The molecule has 0 aliphatic heterocycles. The Morgan fingerprint density at radius 3 is 2.71 bits per heavy atom. The third-order valence-electron chi connectivity index (χ3n) is 2.93. The third kappa shape index (κ3) is 4.03. The number of benzene rings is 1. The molecule has 1 atom stereocenters. The Bertz CT molecular complexity index is 595. The maximum atomic E-state index is 12.2. The van der Waals surface area contributed by atoms with E-state index < -0.39 is 0 Å². The van der Waals surface area contributed by atoms with E-state index in [1.165, 1.54) is 11.3 Å². The van der Waals surface area contributed by atoms with Gasteiger partial charge in [0.2, 0.25) is 5.91 Å². The van der Waals surface area contributed by atoms with Crippen molar-refractivity contribution >= 4 is 22.9 Å². The van der Waals surface area contributed by atoms with Crippen LogP contribution in [0.3, 0.4) is 0 Å². The number of aliphatic hydroxyl groups is 1. The second kappa shape index (κ2) is 7.19. The van der Waals surface area contributed by atoms with Crippen molar-refractivity contribution < 1.29 is 14.6 Å². The van der Waals surface area contributed by atoms with Gasteiger partial charge in [0.25, 0.3) is 0 Å². The van der Waals surface area contributed by atoms with Crippen LogP contribution in [0, 0.1) is 0 Å². The van der Waals surface area contributed by atoms with Crippen LogP contribution >= 0.6 is 11.3 Å². The molecule has 1 amide bonds. The standard InChI is InChI=1S/C15H18N2O3S/c1-3-20-13-6-4-11(5-7-13)16-14(19)10(2)15-17-12(8-18)9-21-15/h4-7,9-10,18H,3,8H2,1-2H3,(H,16,19). The van der Waals surface area contributed by atoms with Crippen molar-refractivity contribution in [2.24, 2.45) is 0 Å². The van der Waals surface area contributed by atoms with Crippen molar-refractivity contribution in [3.63, 3.8) is 0 Å². The van der Waals surface area contributed by atoms with Gasteiger partial charge < -0.3 is 15.2 Å². The molecule has 6 heteroatoms. The Hall–Kier alpha value is -1.92. The number of thiazole rings is 1. The highest BCUT2D eigenvalue weighted by atomic mass is 32.1. The van der Waals surface area contributed by atoms with Crippen LogP contribution in [0.5, 0.6) is 5.75 Å². The van der Waals surface area contributed by atoms with Crippen LogP contribution in [-0.2, 0) is 11.4 Å². The third-order valence-corrected chi connectivity index (χ3v) is 4.00. The number of carbonyl (C=O) groups excluding carboxylic acids is 1. The zero-order valence-electron chi connectivity index (χ0n) is 12.0. The van der Waals surface area contributed by atoms with Gasteiger partial charge >= 0.3 is 0 Å². The maximum Gasteiger partial charge on any atom is 0.234 e. The van der Waals surface area contributed by atoms with Crippen LogP contribution in [-0.4, -0.2) is 22.6 Å². The monoisotopic (exact) mass is 306 g/mol. The lowest BCUT2D eigenvalue weighted by Crippen LogP contribution is -2.18. The minimum Gasteiger partial charge on any atom is -0.494 e. The number of rotatable bonds is 6. The molecule has 5 nitrogen and oxygen atoms in total. The first kappa shape index (κ1) is 15.5. The maximum absolute atomic E-state index is 12.2. The van der Waals surface area contributed by atoms with Gasteiger partial charge in [-0.15, -0.1) is 11.3 Å². The van der Waals surface area contributed by atoms with Crippen molar-refractivity contribution in [2.45, 2.75) is 26.4 Å². The van der Waals surface area contributed by atoms with Crippen LogP contribution in [0.15, 0.2) is 29.6 Å². The van der Waals surface area contributed by atoms with Crippen molar-refractivity contribution in [1.82, 2.24) is 4.98 Å². The van der Waals surface area contributed by atoms with Crippen molar-refractivity contribution in [3.05, 3.63) is 40.3 Å². The molecule has 0 radical (unpaired) electrons. The number of carbonyl (C=O) groups is 1. The molecule has 1 aromatic heterocycles. The van der Waals surface area contributed by atoms with E-state index in [4.69, 9.17) is 9.84 Å². The number of nitrogens with one attached hydrogen (secondary N) is 1. The van der Waals surface area contributed by atoms with E-state index in [0.29, 0.717) is 23.0 Å². The molecule has 0 aliphatic carbocycles. The Labute approximate surface area is 127 Å². The SMILES string of the molecule is CCOc1ccc(NC(=O)C(C)c2nc(CO)cs2)cc1. The lowest BCUT2D eigenvalue weighted by atomic mass is 10.1. The van der Waals surface area contributed by atoms with E-state index in [0.717, 1.165) is 5.75 Å². The normalized spacial score (nSPS) is 12.0. The lowest BCUT2D eigenvalue weighted by molar-refractivity contribution is -0.117. The number of aromatic nitrogens is 1. The summed E-state index contributed by atoms with van der Waals surface area (Å²) in [6.07, 6.45) is 0.